The number of aromatic nitrogens is 3. The molecule has 13 nitrogen and oxygen atoms in total. The number of carbonyl (C=O) groups excluding carboxylic acids is 3. The zero-order valence-electron chi connectivity index (χ0n) is 23.2. The highest BCUT2D eigenvalue weighted by molar-refractivity contribution is 6.34. The van der Waals surface area contributed by atoms with E-state index in [1.165, 1.54) is 6.07 Å². The van der Waals surface area contributed by atoms with Crippen molar-refractivity contribution in [2.75, 3.05) is 23.7 Å². The van der Waals surface area contributed by atoms with Crippen LogP contribution in [0.15, 0.2) is 23.3 Å². The fourth-order valence-corrected chi connectivity index (χ4v) is 4.67. The van der Waals surface area contributed by atoms with Crippen LogP contribution < -0.4 is 21.5 Å². The van der Waals surface area contributed by atoms with E-state index in [4.69, 9.17) is 21.1 Å². The third-order valence-corrected chi connectivity index (χ3v) is 6.29. The third kappa shape index (κ3) is 6.04. The summed E-state index contributed by atoms with van der Waals surface area (Å²) in [4.78, 5) is 60.4. The van der Waals surface area contributed by atoms with E-state index in [-0.39, 0.29) is 28.9 Å². The van der Waals surface area contributed by atoms with Gasteiger partial charge in [0.25, 0.3) is 17.4 Å². The Morgan fingerprint density at radius 2 is 1.68 bits per heavy atom. The van der Waals surface area contributed by atoms with Gasteiger partial charge in [0.15, 0.2) is 0 Å². The van der Waals surface area contributed by atoms with Gasteiger partial charge in [0.05, 0.1) is 11.6 Å². The van der Waals surface area contributed by atoms with Gasteiger partial charge in [0, 0.05) is 19.0 Å². The highest BCUT2D eigenvalue weighted by Gasteiger charge is 2.64. The van der Waals surface area contributed by atoms with Gasteiger partial charge >= 0.3 is 12.2 Å². The number of carbonyl (C=O) groups is 3. The van der Waals surface area contributed by atoms with Gasteiger partial charge in [-0.3, -0.25) is 19.5 Å². The van der Waals surface area contributed by atoms with E-state index < -0.39 is 65.1 Å². The van der Waals surface area contributed by atoms with Crippen LogP contribution in [0.4, 0.5) is 35.7 Å². The average Bonchev–Trinajstić information content (AvgIpc) is 3.10. The topological polar surface area (TPSA) is 157 Å². The van der Waals surface area contributed by atoms with E-state index in [0.717, 1.165) is 17.3 Å². The molecular weight excluding hydrogens is 568 g/mol. The van der Waals surface area contributed by atoms with Crippen LogP contribution in [0.25, 0.3) is 0 Å². The van der Waals surface area contributed by atoms with E-state index in [1.807, 2.05) is 0 Å². The summed E-state index contributed by atoms with van der Waals surface area (Å²) in [6, 6.07) is 2.37. The van der Waals surface area contributed by atoms with Crippen molar-refractivity contribution in [3.8, 4) is 0 Å². The van der Waals surface area contributed by atoms with Gasteiger partial charge in [-0.05, 0) is 47.6 Å². The molecule has 0 aliphatic carbocycles. The molecule has 4 heterocycles. The molecule has 0 radical (unpaired) electrons. The average molecular weight is 598 g/mol. The number of nitrogens with zero attached hydrogens (tertiary/aromatic N) is 4. The molecule has 0 aromatic carbocycles. The summed E-state index contributed by atoms with van der Waals surface area (Å²) >= 11 is 6.33. The number of amides is 3. The van der Waals surface area contributed by atoms with E-state index in [0.29, 0.717) is 4.57 Å². The lowest BCUT2D eigenvalue weighted by Gasteiger charge is -2.46. The summed E-state index contributed by atoms with van der Waals surface area (Å²) in [6.07, 6.45) is -1.44. The van der Waals surface area contributed by atoms with Crippen molar-refractivity contribution >= 4 is 47.0 Å². The molecule has 1 saturated heterocycles. The molecule has 222 valence electrons. The highest BCUT2D eigenvalue weighted by atomic mass is 35.5. The number of hydrogen-bond donors (Lipinski definition) is 3. The maximum atomic E-state index is 15.7. The first-order valence-electron chi connectivity index (χ1n) is 12.6. The van der Waals surface area contributed by atoms with E-state index in [1.54, 1.807) is 41.5 Å². The van der Waals surface area contributed by atoms with Gasteiger partial charge in [-0.2, -0.15) is 0 Å². The number of halogens is 3. The van der Waals surface area contributed by atoms with E-state index >= 15 is 8.78 Å². The smallest absolute Gasteiger partial charge is 0.413 e. The number of nitrogens with one attached hydrogen (secondary N) is 3. The Hall–Kier alpha value is -4.01. The minimum Gasteiger partial charge on any atom is -0.444 e. The van der Waals surface area contributed by atoms with Crippen molar-refractivity contribution in [3.05, 3.63) is 39.5 Å². The molecule has 2 aromatic heterocycles. The van der Waals surface area contributed by atoms with Gasteiger partial charge in [-0.15, -0.1) is 0 Å². The normalized spacial score (nSPS) is 19.8. The lowest BCUT2D eigenvalue weighted by Crippen LogP contribution is -2.69. The second-order valence-electron chi connectivity index (χ2n) is 11.6. The summed E-state index contributed by atoms with van der Waals surface area (Å²) in [5, 5.41) is 7.03. The number of anilines is 3. The molecule has 1 atom stereocenters. The number of fused-ring (bicyclic) bond motifs is 2. The van der Waals surface area contributed by atoms with Crippen molar-refractivity contribution < 1.29 is 32.6 Å². The van der Waals surface area contributed by atoms with Crippen LogP contribution >= 0.6 is 11.6 Å². The van der Waals surface area contributed by atoms with Crippen LogP contribution in [0, 0.1) is 0 Å². The Morgan fingerprint density at radius 1 is 1.05 bits per heavy atom. The number of likely N-dealkylation sites (tertiary alicyclic amines) is 1. The summed E-state index contributed by atoms with van der Waals surface area (Å²) in [7, 11) is 0. The Labute approximate surface area is 238 Å². The number of ether oxygens (including phenoxy) is 2. The van der Waals surface area contributed by atoms with Gasteiger partial charge in [-0.25, -0.2) is 28.3 Å². The molecule has 0 bridgehead atoms. The minimum atomic E-state index is -3.66. The van der Waals surface area contributed by atoms with Crippen molar-refractivity contribution in [2.24, 2.45) is 0 Å². The second kappa shape index (κ2) is 10.1. The highest BCUT2D eigenvalue weighted by Crippen LogP contribution is 2.44. The van der Waals surface area contributed by atoms with Crippen LogP contribution in [-0.4, -0.2) is 67.7 Å². The molecule has 16 heteroatoms. The molecule has 2 aliphatic rings. The summed E-state index contributed by atoms with van der Waals surface area (Å²) < 4.78 is 42.4. The van der Waals surface area contributed by atoms with Crippen LogP contribution in [0.1, 0.15) is 58.5 Å². The monoisotopic (exact) mass is 597 g/mol. The standard InChI is InChI=1S/C25H30ClF2N7O6/c1-22(2,3)40-20(38)32-16-10-15(29-12-30-16)31-14-9-13(26)17-18(36)33-25(35(17)19(14)37)11-34(8-7-24(25,27)28)21(39)41-23(4,5)6/h9-10,12H,7-8,11H2,1-6H3,(H,33,36)(H2,29,30,31,32,38). The number of piperidine rings is 1. The number of alkyl halides is 2. The van der Waals surface area contributed by atoms with Crippen LogP contribution in [0.3, 0.4) is 0 Å². The molecule has 3 amide bonds. The molecule has 1 fully saturated rings. The van der Waals surface area contributed by atoms with Crippen LogP contribution in [0.5, 0.6) is 0 Å². The minimum absolute atomic E-state index is 0.00288. The first-order chi connectivity index (χ1) is 18.8. The number of rotatable bonds is 3. The molecule has 1 spiro atoms. The molecule has 0 saturated carbocycles. The lowest BCUT2D eigenvalue weighted by atomic mass is 9.93. The van der Waals surface area contributed by atoms with Crippen molar-refractivity contribution in [1.82, 2.24) is 24.8 Å². The van der Waals surface area contributed by atoms with Gasteiger partial charge in [0.1, 0.15) is 40.5 Å². The predicted octanol–water partition coefficient (Wildman–Crippen LogP) is 4.05. The summed E-state index contributed by atoms with van der Waals surface area (Å²) in [5.41, 5.74) is -6.14. The first kappa shape index (κ1) is 30.0. The first-order valence-corrected chi connectivity index (χ1v) is 12.9. The molecule has 2 aliphatic heterocycles. The molecule has 41 heavy (non-hydrogen) atoms. The van der Waals surface area contributed by atoms with E-state index in [2.05, 4.69) is 25.9 Å². The third-order valence-electron chi connectivity index (χ3n) is 6.00. The molecule has 2 aromatic rings. The Kier molecular flexibility index (Phi) is 7.39. The van der Waals surface area contributed by atoms with Crippen molar-refractivity contribution in [2.45, 2.75) is 70.8 Å². The fourth-order valence-electron chi connectivity index (χ4n) is 4.39. The van der Waals surface area contributed by atoms with Gasteiger partial charge < -0.3 is 25.0 Å². The van der Waals surface area contributed by atoms with Crippen LogP contribution in [0.2, 0.25) is 5.02 Å². The molecule has 1 unspecified atom stereocenters. The molecule has 3 N–H and O–H groups in total. The Bertz CT molecular complexity index is 1470. The predicted molar refractivity (Wildman–Crippen MR) is 144 cm³/mol. The SMILES string of the molecule is CC(C)(C)OC(=O)Nc1cc(Nc2cc(Cl)c3n(c2=O)C2(CN(C(=O)OC(C)(C)C)CCC2(F)F)NC3=O)ncn1. The lowest BCUT2D eigenvalue weighted by molar-refractivity contribution is -0.160. The number of hydrogen-bond acceptors (Lipinski definition) is 9. The number of pyridine rings is 1. The quantitative estimate of drug-likeness (QED) is 0.475. The van der Waals surface area contributed by atoms with Crippen molar-refractivity contribution in [3.63, 3.8) is 0 Å². The maximum absolute atomic E-state index is 15.7. The second-order valence-corrected chi connectivity index (χ2v) is 12.0. The molecular formula is C25H30ClF2N7O6. The van der Waals surface area contributed by atoms with Gasteiger partial charge in [-0.1, -0.05) is 11.6 Å². The summed E-state index contributed by atoms with van der Waals surface area (Å²) in [6.45, 7) is 8.77. The van der Waals surface area contributed by atoms with Gasteiger partial charge in [0.2, 0.25) is 5.66 Å². The zero-order valence-corrected chi connectivity index (χ0v) is 24.0. The van der Waals surface area contributed by atoms with E-state index in [9.17, 15) is 19.2 Å². The van der Waals surface area contributed by atoms with Crippen LogP contribution in [-0.2, 0) is 15.1 Å². The largest absolute Gasteiger partial charge is 0.444 e. The van der Waals surface area contributed by atoms with Crippen molar-refractivity contribution in [1.29, 1.82) is 0 Å². The Balaban J connectivity index is 1.71. The fraction of sp³-hybridized carbons (Fsp3) is 0.520. The maximum Gasteiger partial charge on any atom is 0.413 e. The Morgan fingerprint density at radius 3 is 2.32 bits per heavy atom. The molecule has 4 rings (SSSR count). The zero-order chi connectivity index (χ0) is 30.5. The summed E-state index contributed by atoms with van der Waals surface area (Å²) in [5.74, 6) is -4.64.